The summed E-state index contributed by atoms with van der Waals surface area (Å²) in [6, 6.07) is 52.6. The summed E-state index contributed by atoms with van der Waals surface area (Å²) >= 11 is 0. The Hall–Kier alpha value is -15.2. The third kappa shape index (κ3) is 21.8. The summed E-state index contributed by atoms with van der Waals surface area (Å²) in [7, 11) is 0. The Morgan fingerprint density at radius 2 is 0.617 bits per heavy atom. The van der Waals surface area contributed by atoms with Crippen LogP contribution in [0.3, 0.4) is 0 Å². The van der Waals surface area contributed by atoms with E-state index in [4.69, 9.17) is 42.6 Å². The molecule has 6 aliphatic heterocycles. The highest BCUT2D eigenvalue weighted by Gasteiger charge is 2.50. The van der Waals surface area contributed by atoms with Crippen molar-refractivity contribution in [1.82, 2.24) is 118 Å². The highest BCUT2D eigenvalue weighted by atomic mass is 16.8. The molecule has 15 heterocycles. The number of nitrogens with zero attached hydrogens (tertiary/aromatic N) is 30. The van der Waals surface area contributed by atoms with Gasteiger partial charge in [0.15, 0.2) is 5.82 Å². The summed E-state index contributed by atoms with van der Waals surface area (Å²) in [5.41, 5.74) is 10.2. The van der Waals surface area contributed by atoms with Gasteiger partial charge < -0.3 is 72.0 Å². The third-order valence-electron chi connectivity index (χ3n) is 26.2. The molecule has 0 bridgehead atoms. The zero-order valence-electron chi connectivity index (χ0n) is 79.5. The molecule has 6 fully saturated rings. The Bertz CT molecular complexity index is 5990. The van der Waals surface area contributed by atoms with Crippen LogP contribution in [0.4, 0.5) is 34.1 Å². The number of ether oxygens (including phenoxy) is 9. The first kappa shape index (κ1) is 94.7. The van der Waals surface area contributed by atoms with E-state index in [1.54, 1.807) is 133 Å². The minimum Gasteiger partial charge on any atom is -0.491 e. The van der Waals surface area contributed by atoms with Gasteiger partial charge in [-0.15, -0.1) is 0 Å². The van der Waals surface area contributed by atoms with Gasteiger partial charge in [-0.2, -0.15) is 60.3 Å². The zero-order chi connectivity index (χ0) is 96.7. The molecule has 732 valence electrons. The molecule has 0 aliphatic carbocycles. The maximum Gasteiger partial charge on any atom is 0.350 e. The van der Waals surface area contributed by atoms with Gasteiger partial charge >= 0.3 is 17.1 Å². The van der Waals surface area contributed by atoms with Gasteiger partial charge in [0.1, 0.15) is 112 Å². The summed E-state index contributed by atoms with van der Waals surface area (Å²) in [4.78, 5) is 82.9. The van der Waals surface area contributed by atoms with Gasteiger partial charge in [0, 0.05) is 144 Å². The summed E-state index contributed by atoms with van der Waals surface area (Å²) in [5, 5.41) is 38.1. The average Bonchev–Trinajstić information content (AvgIpc) is 1.62. The smallest absolute Gasteiger partial charge is 0.350 e. The topological polar surface area (TPSA) is 391 Å². The van der Waals surface area contributed by atoms with Gasteiger partial charge in [0.05, 0.1) is 98.4 Å². The standard InChI is InChI=1S/3C33H38N10O4/c1-3-25(2)43-32(44)41(24-38-43)28-7-5-26(6-8-28)39-17-19-40(20-18-39)27-9-11-29(12-10-27)45-21-30-22-46-33(47-30,23-42-36-15-16-37-42)31-34-13-4-14-35-31;1-3-25(2)43-32(44)41(24-38-43)28-6-4-26(5-7-28)39-16-18-40(19-17-39)27-8-10-29(11-9-27)45-21-30-22-46-33(47-30,23-42-36-14-15-37-42)31-20-34-12-13-35-31;1-3-25(2)43-32(44)41(24-38-43)28-6-4-26(5-7-28)39-16-18-40(19-17-39)27-8-10-29(11-9-27)45-20-30-21-46-33(47-30,22-42-36-14-15-37-42)31-12-13-34-23-35-31/h4-16,24-25,30H,3,17-23H2,1-2H3;4-15,20,24-25,30H,3,16-19,21-23H2,1-2H3;4-15,23-25,30H,3,16-22H2,1-2H3. The van der Waals surface area contributed by atoms with Gasteiger partial charge in [-0.1, -0.05) is 20.8 Å². The first-order chi connectivity index (χ1) is 69.0. The normalized spacial score (nSPS) is 20.4. The molecule has 6 aromatic carbocycles. The quantitative estimate of drug-likeness (QED) is 0.0369. The highest BCUT2D eigenvalue weighted by molar-refractivity contribution is 5.59. The molecule has 141 heavy (non-hydrogen) atoms. The van der Waals surface area contributed by atoms with Crippen molar-refractivity contribution in [2.45, 2.75) is 134 Å². The van der Waals surface area contributed by atoms with Crippen molar-refractivity contribution in [2.24, 2.45) is 0 Å². The van der Waals surface area contributed by atoms with E-state index in [0.717, 1.165) is 166 Å². The Morgan fingerprint density at radius 3 is 0.922 bits per heavy atom. The number of aromatic nitrogens is 24. The third-order valence-corrected chi connectivity index (χ3v) is 26.2. The molecule has 9 aromatic heterocycles. The van der Waals surface area contributed by atoms with E-state index in [1.807, 2.05) is 114 Å². The van der Waals surface area contributed by atoms with E-state index in [2.05, 4.69) is 178 Å². The maximum atomic E-state index is 12.8. The largest absolute Gasteiger partial charge is 0.491 e. The van der Waals surface area contributed by atoms with E-state index in [-0.39, 0.29) is 73.1 Å². The molecule has 0 radical (unpaired) electrons. The molecular formula is C99H114N30O12. The molecular weight excluding hydrogens is 1800 g/mol. The number of piperazine rings is 3. The Labute approximate surface area is 812 Å². The molecule has 0 amide bonds. The van der Waals surface area contributed by atoms with Crippen LogP contribution in [0.25, 0.3) is 17.1 Å². The van der Waals surface area contributed by atoms with Crippen LogP contribution in [-0.2, 0) is 65.4 Å². The molecule has 21 rings (SSSR count). The molecule has 0 saturated carbocycles. The molecule has 0 N–H and O–H groups in total. The predicted octanol–water partition coefficient (Wildman–Crippen LogP) is 9.18. The van der Waals surface area contributed by atoms with E-state index >= 15 is 0 Å². The van der Waals surface area contributed by atoms with Crippen LogP contribution >= 0.6 is 0 Å². The summed E-state index contributed by atoms with van der Waals surface area (Å²) in [5.74, 6) is -0.768. The van der Waals surface area contributed by atoms with Crippen molar-refractivity contribution < 1.29 is 42.6 Å². The van der Waals surface area contributed by atoms with E-state index in [0.29, 0.717) is 56.9 Å². The van der Waals surface area contributed by atoms with E-state index in [1.165, 1.54) is 20.7 Å². The van der Waals surface area contributed by atoms with Crippen molar-refractivity contribution in [1.29, 1.82) is 0 Å². The van der Waals surface area contributed by atoms with Gasteiger partial charge in [-0.25, -0.2) is 62.1 Å². The molecule has 6 saturated heterocycles. The van der Waals surface area contributed by atoms with Crippen LogP contribution < -0.4 is 60.7 Å². The van der Waals surface area contributed by atoms with Crippen LogP contribution in [0.5, 0.6) is 17.2 Å². The zero-order valence-corrected chi connectivity index (χ0v) is 79.5. The van der Waals surface area contributed by atoms with Crippen LogP contribution in [0.1, 0.15) is 96.1 Å². The fourth-order valence-corrected chi connectivity index (χ4v) is 17.7. The summed E-state index contributed by atoms with van der Waals surface area (Å²) < 4.78 is 65.3. The summed E-state index contributed by atoms with van der Waals surface area (Å²) in [6.07, 6.45) is 27.4. The molecule has 9 unspecified atom stereocenters. The maximum absolute atomic E-state index is 12.8. The van der Waals surface area contributed by atoms with E-state index in [9.17, 15) is 14.4 Å². The number of rotatable bonds is 33. The highest BCUT2D eigenvalue weighted by Crippen LogP contribution is 2.39. The molecule has 0 spiro atoms. The lowest BCUT2D eigenvalue weighted by Crippen LogP contribution is -2.46. The van der Waals surface area contributed by atoms with Crippen LogP contribution in [0.15, 0.2) is 272 Å². The van der Waals surface area contributed by atoms with Crippen molar-refractivity contribution in [3.05, 3.63) is 306 Å². The Morgan fingerprint density at radius 1 is 0.319 bits per heavy atom. The monoisotopic (exact) mass is 1910 g/mol. The van der Waals surface area contributed by atoms with Gasteiger partial charge in [-0.3, -0.25) is 9.97 Å². The van der Waals surface area contributed by atoms with Crippen LogP contribution in [-0.4, -0.2) is 254 Å². The predicted molar refractivity (Wildman–Crippen MR) is 521 cm³/mol. The van der Waals surface area contributed by atoms with Gasteiger partial charge in [0.2, 0.25) is 11.6 Å². The van der Waals surface area contributed by atoms with Gasteiger partial charge in [0.25, 0.3) is 5.79 Å². The van der Waals surface area contributed by atoms with E-state index < -0.39 is 17.4 Å². The minimum absolute atomic E-state index is 0.0683. The minimum atomic E-state index is -1.20. The lowest BCUT2D eigenvalue weighted by molar-refractivity contribution is -0.198. The van der Waals surface area contributed by atoms with Crippen molar-refractivity contribution in [3.63, 3.8) is 0 Å². The summed E-state index contributed by atoms with van der Waals surface area (Å²) in [6.45, 7) is 25.6. The lowest BCUT2D eigenvalue weighted by atomic mass is 10.2. The molecule has 9 atom stereocenters. The number of hydrogen-bond acceptors (Lipinski definition) is 33. The Balaban J connectivity index is 0.000000134. The number of hydrogen-bond donors (Lipinski definition) is 0. The lowest BCUT2D eigenvalue weighted by Gasteiger charge is -2.37. The molecule has 42 nitrogen and oxygen atoms in total. The number of benzene rings is 6. The SMILES string of the molecule is CCC(C)n1ncn(-c2ccc(N3CCN(c4ccc(OCC5COC(Cn6nccn6)(c6ccncn6)O5)cc4)CC3)cc2)c1=O.CCC(C)n1ncn(-c2ccc(N3CCN(c4ccc(OCC5COC(Cn6nccn6)(c6cnccn6)O5)cc4)CC3)cc2)c1=O.CCC(C)n1ncn(-c2ccc(N3CCN(c4ccc(OCC5COC(Cn6nccn6)(c6ncccn6)O5)cc4)CC3)cc2)c1=O. The van der Waals surface area contributed by atoms with Crippen molar-refractivity contribution >= 4 is 34.1 Å². The van der Waals surface area contributed by atoms with Crippen molar-refractivity contribution in [3.8, 4) is 34.3 Å². The van der Waals surface area contributed by atoms with Crippen LogP contribution in [0.2, 0.25) is 0 Å². The fourth-order valence-electron chi connectivity index (χ4n) is 17.7. The Kier molecular flexibility index (Phi) is 29.2. The fraction of sp³-hybridized carbons (Fsp3) is 0.394. The van der Waals surface area contributed by atoms with Crippen LogP contribution in [0, 0.1) is 0 Å². The first-order valence-corrected chi connectivity index (χ1v) is 47.8. The second-order valence-electron chi connectivity index (χ2n) is 35.2. The average molecular weight is 1920 g/mol. The molecule has 42 heteroatoms. The van der Waals surface area contributed by atoms with Crippen molar-refractivity contribution in [2.75, 3.05) is 148 Å². The van der Waals surface area contributed by atoms with Gasteiger partial charge in [-0.05, 0) is 198 Å². The first-order valence-electron chi connectivity index (χ1n) is 47.8. The second-order valence-corrected chi connectivity index (χ2v) is 35.2. The molecule has 15 aromatic rings. The second kappa shape index (κ2) is 43.4. The molecule has 6 aliphatic rings. The number of anilines is 6.